The van der Waals surface area contributed by atoms with Crippen LogP contribution in [0, 0.1) is 0 Å². The van der Waals surface area contributed by atoms with Crippen molar-refractivity contribution in [2.45, 2.75) is 67.0 Å². The number of hydrogen-bond donors (Lipinski definition) is 8. The van der Waals surface area contributed by atoms with E-state index in [1.54, 1.807) is 36.4 Å². The second-order valence-corrected chi connectivity index (χ2v) is 11.7. The highest BCUT2D eigenvalue weighted by molar-refractivity contribution is 5.97. The molecule has 250 valence electrons. The summed E-state index contributed by atoms with van der Waals surface area (Å²) in [5, 5.41) is 80.7. The average molecular weight is 657 g/mol. The van der Waals surface area contributed by atoms with Crippen LogP contribution in [-0.2, 0) is 19.8 Å². The van der Waals surface area contributed by atoms with E-state index in [9.17, 15) is 45.6 Å². The number of aliphatic hydroxyl groups excluding tert-OH is 8. The molecule has 4 heterocycles. The second kappa shape index (κ2) is 12.0. The van der Waals surface area contributed by atoms with Crippen molar-refractivity contribution in [3.63, 3.8) is 0 Å². The first-order valence-corrected chi connectivity index (χ1v) is 14.8. The molecule has 8 N–H and O–H groups in total. The predicted molar refractivity (Wildman–Crippen MR) is 153 cm³/mol. The molecule has 0 radical (unpaired) electrons. The standard InChI is InChI=1S/C32H32O15/c33-11-21-23(35)25(37)27(39)30(45-21)42-13-5-7-17-19(9-13)44-20-10-14(43-31-28(40)26(38)24(36)22(12-34)46-31)6-8-18(20)32(17)16-4-2-1-3-15(16)29(41)47-32/h1-10,21-28,30-31,33-40H,11-12H2/t21-,22+,23-,24+,25+,26-,27-,28+,30-,31+,32?. The Balaban J connectivity index is 1.26. The molecule has 2 fully saturated rings. The van der Waals surface area contributed by atoms with Crippen molar-refractivity contribution in [1.29, 1.82) is 0 Å². The fourth-order valence-corrected chi connectivity index (χ4v) is 6.38. The minimum Gasteiger partial charge on any atom is -0.462 e. The van der Waals surface area contributed by atoms with Crippen LogP contribution in [0.15, 0.2) is 60.7 Å². The van der Waals surface area contributed by atoms with Gasteiger partial charge in [0.05, 0.1) is 18.8 Å². The highest BCUT2D eigenvalue weighted by Crippen LogP contribution is 2.57. The summed E-state index contributed by atoms with van der Waals surface area (Å²) in [5.41, 5.74) is 0.217. The Bertz CT molecular complexity index is 1570. The number of ether oxygens (including phenoxy) is 6. The zero-order chi connectivity index (χ0) is 33.2. The van der Waals surface area contributed by atoms with Gasteiger partial charge < -0.3 is 69.3 Å². The summed E-state index contributed by atoms with van der Waals surface area (Å²) in [6.45, 7) is -1.29. The van der Waals surface area contributed by atoms with Gasteiger partial charge in [0.1, 0.15) is 71.8 Å². The van der Waals surface area contributed by atoms with Gasteiger partial charge in [-0.15, -0.1) is 0 Å². The molecule has 0 amide bonds. The Hall–Kier alpha value is -3.87. The van der Waals surface area contributed by atoms with Gasteiger partial charge in [0, 0.05) is 28.8 Å². The molecule has 3 aromatic carbocycles. The molecule has 0 bridgehead atoms. The number of carbonyl (C=O) groups is 1. The molecule has 3 aromatic rings. The highest BCUT2D eigenvalue weighted by Gasteiger charge is 2.54. The lowest BCUT2D eigenvalue weighted by atomic mass is 9.77. The summed E-state index contributed by atoms with van der Waals surface area (Å²) in [6, 6.07) is 16.0. The summed E-state index contributed by atoms with van der Waals surface area (Å²) >= 11 is 0. The maximum Gasteiger partial charge on any atom is 0.340 e. The second-order valence-electron chi connectivity index (χ2n) is 11.7. The van der Waals surface area contributed by atoms with Gasteiger partial charge in [-0.05, 0) is 30.3 Å². The Morgan fingerprint density at radius 1 is 0.617 bits per heavy atom. The number of esters is 1. The van der Waals surface area contributed by atoms with E-state index in [0.717, 1.165) is 0 Å². The van der Waals surface area contributed by atoms with Crippen molar-refractivity contribution < 1.29 is 74.1 Å². The molecule has 1 spiro atoms. The van der Waals surface area contributed by atoms with Gasteiger partial charge in [0.15, 0.2) is 5.60 Å². The lowest BCUT2D eigenvalue weighted by Crippen LogP contribution is -2.60. The molecule has 47 heavy (non-hydrogen) atoms. The van der Waals surface area contributed by atoms with Crippen LogP contribution in [0.1, 0.15) is 27.0 Å². The monoisotopic (exact) mass is 656 g/mol. The minimum atomic E-state index is -1.67. The summed E-state index contributed by atoms with van der Waals surface area (Å²) in [4.78, 5) is 13.2. The Morgan fingerprint density at radius 3 is 1.60 bits per heavy atom. The van der Waals surface area contributed by atoms with Crippen LogP contribution in [0.5, 0.6) is 23.0 Å². The number of benzene rings is 3. The molecule has 1 unspecified atom stereocenters. The van der Waals surface area contributed by atoms with E-state index in [2.05, 4.69) is 0 Å². The third-order valence-corrected chi connectivity index (χ3v) is 8.86. The van der Waals surface area contributed by atoms with E-state index in [4.69, 9.17) is 28.4 Å². The summed E-state index contributed by atoms with van der Waals surface area (Å²) < 4.78 is 35.0. The van der Waals surface area contributed by atoms with E-state index in [1.165, 1.54) is 24.3 Å². The van der Waals surface area contributed by atoms with E-state index in [1.807, 2.05) is 0 Å². The average Bonchev–Trinajstić information content (AvgIpc) is 3.37. The first kappa shape index (κ1) is 31.7. The number of rotatable bonds is 6. The van der Waals surface area contributed by atoms with Crippen molar-refractivity contribution in [2.75, 3.05) is 13.2 Å². The molecular formula is C32H32O15. The molecule has 4 aliphatic heterocycles. The van der Waals surface area contributed by atoms with Crippen LogP contribution in [0.4, 0.5) is 0 Å². The quantitative estimate of drug-likeness (QED) is 0.143. The molecule has 7 rings (SSSR count). The third kappa shape index (κ3) is 5.03. The summed E-state index contributed by atoms with van der Waals surface area (Å²) in [6.07, 6.45) is -15.1. The number of fused-ring (bicyclic) bond motifs is 6. The molecule has 15 heteroatoms. The maximum atomic E-state index is 13.2. The Labute approximate surface area is 266 Å². The molecule has 11 atom stereocenters. The van der Waals surface area contributed by atoms with Gasteiger partial charge in [-0.1, -0.05) is 18.2 Å². The van der Waals surface area contributed by atoms with Gasteiger partial charge in [-0.2, -0.15) is 0 Å². The molecule has 4 aliphatic rings. The number of hydrogen-bond acceptors (Lipinski definition) is 15. The first-order valence-electron chi connectivity index (χ1n) is 14.8. The maximum absolute atomic E-state index is 13.2. The van der Waals surface area contributed by atoms with Crippen LogP contribution in [-0.4, -0.2) is 121 Å². The fourth-order valence-electron chi connectivity index (χ4n) is 6.38. The van der Waals surface area contributed by atoms with Crippen LogP contribution in [0.2, 0.25) is 0 Å². The van der Waals surface area contributed by atoms with Gasteiger partial charge in [-0.25, -0.2) is 4.79 Å². The zero-order valence-electron chi connectivity index (χ0n) is 24.4. The topological polar surface area (TPSA) is 234 Å². The predicted octanol–water partition coefficient (Wildman–Crippen LogP) is -1.39. The normalized spacial score (nSPS) is 35.7. The lowest BCUT2D eigenvalue weighted by molar-refractivity contribution is -0.277. The van der Waals surface area contributed by atoms with Gasteiger partial charge in [-0.3, -0.25) is 0 Å². The Morgan fingerprint density at radius 2 is 1.11 bits per heavy atom. The van der Waals surface area contributed by atoms with Crippen molar-refractivity contribution in [3.05, 3.63) is 82.9 Å². The van der Waals surface area contributed by atoms with Crippen molar-refractivity contribution >= 4 is 5.97 Å². The first-order chi connectivity index (χ1) is 22.6. The zero-order valence-corrected chi connectivity index (χ0v) is 24.4. The molecule has 0 saturated carbocycles. The van der Waals surface area contributed by atoms with Crippen LogP contribution in [0.25, 0.3) is 0 Å². The number of aliphatic hydroxyl groups is 8. The number of carbonyl (C=O) groups excluding carboxylic acids is 1. The molecule has 15 nitrogen and oxygen atoms in total. The van der Waals surface area contributed by atoms with Gasteiger partial charge in [0.25, 0.3) is 0 Å². The highest BCUT2D eigenvalue weighted by atomic mass is 16.7. The van der Waals surface area contributed by atoms with Crippen LogP contribution in [0.3, 0.4) is 0 Å². The lowest BCUT2D eigenvalue weighted by Gasteiger charge is -2.40. The van der Waals surface area contributed by atoms with E-state index >= 15 is 0 Å². The molecule has 0 aliphatic carbocycles. The van der Waals surface area contributed by atoms with Crippen LogP contribution >= 0.6 is 0 Å². The van der Waals surface area contributed by atoms with Crippen molar-refractivity contribution in [2.24, 2.45) is 0 Å². The Kier molecular flexibility index (Phi) is 8.08. The fraction of sp³-hybridized carbons (Fsp3) is 0.406. The third-order valence-electron chi connectivity index (χ3n) is 8.86. The molecule has 2 saturated heterocycles. The summed E-state index contributed by atoms with van der Waals surface area (Å²) in [5.74, 6) is -0.0677. The van der Waals surface area contributed by atoms with Crippen molar-refractivity contribution in [3.8, 4) is 23.0 Å². The van der Waals surface area contributed by atoms with Gasteiger partial charge >= 0.3 is 5.97 Å². The van der Waals surface area contributed by atoms with E-state index in [0.29, 0.717) is 22.3 Å². The van der Waals surface area contributed by atoms with Crippen molar-refractivity contribution in [1.82, 2.24) is 0 Å². The molecular weight excluding hydrogens is 624 g/mol. The summed E-state index contributed by atoms with van der Waals surface area (Å²) in [7, 11) is 0. The van der Waals surface area contributed by atoms with E-state index in [-0.39, 0.29) is 23.0 Å². The van der Waals surface area contributed by atoms with Crippen LogP contribution < -0.4 is 14.2 Å². The smallest absolute Gasteiger partial charge is 0.340 e. The molecule has 0 aromatic heterocycles. The SMILES string of the molecule is O=C1OC2(c3ccc(O[C@H]4O[C@@H](CO)[C@H](O)[C@@H](O)[C@@H]4O)cc3Oc3cc(O[C@@H]4O[C@H](CO)[C@@H](O)[C@H](O)[C@H]4O)ccc32)c2ccccc21. The minimum absolute atomic E-state index is 0.0954. The van der Waals surface area contributed by atoms with E-state index < -0.39 is 86.2 Å². The largest absolute Gasteiger partial charge is 0.462 e. The van der Waals surface area contributed by atoms with Gasteiger partial charge in [0.2, 0.25) is 12.6 Å².